The molecule has 0 bridgehead atoms. The lowest BCUT2D eigenvalue weighted by molar-refractivity contribution is 0.647. The molecule has 0 radical (unpaired) electrons. The van der Waals surface area contributed by atoms with E-state index in [2.05, 4.69) is 35.8 Å². The molecule has 6 heteroatoms. The fourth-order valence-corrected chi connectivity index (χ4v) is 4.48. The molecule has 0 amide bonds. The Kier molecular flexibility index (Phi) is 4.52. The summed E-state index contributed by atoms with van der Waals surface area (Å²) in [4.78, 5) is 16.7. The van der Waals surface area contributed by atoms with Gasteiger partial charge in [-0.15, -0.1) is 11.3 Å². The quantitative estimate of drug-likeness (QED) is 0.675. The smallest absolute Gasteiger partial charge is 0.141 e. The second-order valence-electron chi connectivity index (χ2n) is 6.32. The highest BCUT2D eigenvalue weighted by molar-refractivity contribution is 7.18. The molecule has 130 valence electrons. The third-order valence-electron chi connectivity index (χ3n) is 4.63. The van der Waals surface area contributed by atoms with E-state index in [9.17, 15) is 0 Å². The zero-order valence-electron chi connectivity index (χ0n) is 14.5. The number of anilines is 2. The second-order valence-corrected chi connectivity index (χ2v) is 7.96. The van der Waals surface area contributed by atoms with Crippen molar-refractivity contribution in [1.29, 1.82) is 0 Å². The van der Waals surface area contributed by atoms with E-state index in [0.29, 0.717) is 0 Å². The van der Waals surface area contributed by atoms with E-state index in [1.165, 1.54) is 10.3 Å². The third kappa shape index (κ3) is 3.18. The Balaban J connectivity index is 1.60. The van der Waals surface area contributed by atoms with Gasteiger partial charge in [0.05, 0.1) is 16.1 Å². The van der Waals surface area contributed by atoms with Crippen LogP contribution in [0.5, 0.6) is 0 Å². The van der Waals surface area contributed by atoms with E-state index >= 15 is 0 Å². The summed E-state index contributed by atoms with van der Waals surface area (Å²) in [5.41, 5.74) is 1.12. The zero-order chi connectivity index (χ0) is 17.4. The lowest BCUT2D eigenvalue weighted by atomic mass is 10.2. The van der Waals surface area contributed by atoms with Gasteiger partial charge in [0.25, 0.3) is 0 Å². The maximum absolute atomic E-state index is 6.36. The molecule has 3 heterocycles. The van der Waals surface area contributed by atoms with Gasteiger partial charge in [0.15, 0.2) is 0 Å². The van der Waals surface area contributed by atoms with Crippen molar-refractivity contribution in [2.24, 2.45) is 0 Å². The Morgan fingerprint density at radius 2 is 1.80 bits per heavy atom. The Bertz CT molecular complexity index is 900. The average Bonchev–Trinajstić information content (AvgIpc) is 3.01. The molecule has 0 atom stereocenters. The van der Waals surface area contributed by atoms with E-state index in [-0.39, 0.29) is 0 Å². The van der Waals surface area contributed by atoms with Crippen LogP contribution in [0.25, 0.3) is 10.2 Å². The molecule has 0 saturated carbocycles. The van der Waals surface area contributed by atoms with Gasteiger partial charge in [0.1, 0.15) is 16.5 Å². The molecule has 25 heavy (non-hydrogen) atoms. The molecule has 0 N–H and O–H groups in total. The van der Waals surface area contributed by atoms with E-state index in [1.807, 2.05) is 18.2 Å². The summed E-state index contributed by atoms with van der Waals surface area (Å²) in [7, 11) is 0. The number of aromatic nitrogens is 2. The normalized spacial score (nSPS) is 15.2. The monoisotopic (exact) mass is 372 g/mol. The van der Waals surface area contributed by atoms with Gasteiger partial charge in [-0.2, -0.15) is 0 Å². The van der Waals surface area contributed by atoms with Crippen LogP contribution in [-0.2, 0) is 6.42 Å². The van der Waals surface area contributed by atoms with Crippen LogP contribution in [0.4, 0.5) is 11.5 Å². The Morgan fingerprint density at radius 1 is 1.08 bits per heavy atom. The Morgan fingerprint density at radius 3 is 2.52 bits per heavy atom. The van der Waals surface area contributed by atoms with Crippen LogP contribution in [0.2, 0.25) is 5.02 Å². The van der Waals surface area contributed by atoms with Crippen LogP contribution in [0.1, 0.15) is 17.6 Å². The number of benzene rings is 1. The van der Waals surface area contributed by atoms with Crippen molar-refractivity contribution < 1.29 is 0 Å². The van der Waals surface area contributed by atoms with Crippen molar-refractivity contribution in [2.75, 3.05) is 36.0 Å². The van der Waals surface area contributed by atoms with Gasteiger partial charge in [0.2, 0.25) is 0 Å². The van der Waals surface area contributed by atoms with Gasteiger partial charge in [-0.1, -0.05) is 30.7 Å². The maximum Gasteiger partial charge on any atom is 0.141 e. The van der Waals surface area contributed by atoms with Crippen molar-refractivity contribution in [3.05, 3.63) is 46.1 Å². The molecular formula is C19H21ClN4S. The zero-order valence-corrected chi connectivity index (χ0v) is 16.1. The fraction of sp³-hybridized carbons (Fsp3) is 0.368. The summed E-state index contributed by atoms with van der Waals surface area (Å²) in [6.07, 6.45) is 0.861. The van der Waals surface area contributed by atoms with Crippen LogP contribution in [0.15, 0.2) is 30.3 Å². The number of halogens is 1. The topological polar surface area (TPSA) is 32.3 Å². The molecule has 1 aliphatic rings. The summed E-state index contributed by atoms with van der Waals surface area (Å²) in [6.45, 7) is 8.02. The Hall–Kier alpha value is -1.85. The number of thiophene rings is 1. The van der Waals surface area contributed by atoms with Gasteiger partial charge in [-0.05, 0) is 25.1 Å². The number of piperazine rings is 1. The summed E-state index contributed by atoms with van der Waals surface area (Å²) < 4.78 is 0. The first-order valence-corrected chi connectivity index (χ1v) is 9.86. The third-order valence-corrected chi connectivity index (χ3v) is 5.89. The lowest BCUT2D eigenvalue weighted by Crippen LogP contribution is -2.47. The SMILES string of the molecule is CCc1nc(N2CCN(c3ccccc3Cl)CC2)c2cc(C)sc2n1. The molecule has 0 spiro atoms. The predicted octanol–water partition coefficient (Wildman–Crippen LogP) is 4.54. The number of rotatable bonds is 3. The van der Waals surface area contributed by atoms with Crippen LogP contribution in [0.3, 0.4) is 0 Å². The molecule has 1 fully saturated rings. The summed E-state index contributed by atoms with van der Waals surface area (Å²) in [6, 6.07) is 10.3. The van der Waals surface area contributed by atoms with Crippen LogP contribution in [-0.4, -0.2) is 36.1 Å². The summed E-state index contributed by atoms with van der Waals surface area (Å²) in [5, 5.41) is 2.01. The molecule has 4 rings (SSSR count). The van der Waals surface area contributed by atoms with Crippen LogP contribution < -0.4 is 9.80 Å². The minimum atomic E-state index is 0.821. The highest BCUT2D eigenvalue weighted by Crippen LogP contribution is 2.32. The minimum Gasteiger partial charge on any atom is -0.367 e. The van der Waals surface area contributed by atoms with E-state index < -0.39 is 0 Å². The van der Waals surface area contributed by atoms with Crippen molar-refractivity contribution >= 4 is 44.7 Å². The first-order chi connectivity index (χ1) is 12.2. The standard InChI is InChI=1S/C19H21ClN4S/c1-3-17-21-18(14-12-13(2)25-19(14)22-17)24-10-8-23(9-11-24)16-7-5-4-6-15(16)20/h4-7,12H,3,8-11H2,1-2H3. The molecule has 1 aromatic carbocycles. The number of hydrogen-bond donors (Lipinski definition) is 0. The number of aryl methyl sites for hydroxylation is 2. The predicted molar refractivity (Wildman–Crippen MR) is 107 cm³/mol. The second kappa shape index (κ2) is 6.81. The van der Waals surface area contributed by atoms with Gasteiger partial charge < -0.3 is 9.80 Å². The van der Waals surface area contributed by atoms with Gasteiger partial charge in [0, 0.05) is 37.5 Å². The van der Waals surface area contributed by atoms with Gasteiger partial charge in [-0.3, -0.25) is 0 Å². The van der Waals surface area contributed by atoms with Crippen LogP contribution >= 0.6 is 22.9 Å². The molecule has 3 aromatic rings. The van der Waals surface area contributed by atoms with Crippen molar-refractivity contribution in [3.8, 4) is 0 Å². The first-order valence-electron chi connectivity index (χ1n) is 8.67. The number of hydrogen-bond acceptors (Lipinski definition) is 5. The summed E-state index contributed by atoms with van der Waals surface area (Å²) >= 11 is 8.11. The number of fused-ring (bicyclic) bond motifs is 1. The largest absolute Gasteiger partial charge is 0.367 e. The highest BCUT2D eigenvalue weighted by Gasteiger charge is 2.22. The lowest BCUT2D eigenvalue weighted by Gasteiger charge is -2.37. The fourth-order valence-electron chi connectivity index (χ4n) is 3.34. The number of para-hydroxylation sites is 1. The van der Waals surface area contributed by atoms with E-state index in [4.69, 9.17) is 21.6 Å². The van der Waals surface area contributed by atoms with E-state index in [1.54, 1.807) is 11.3 Å². The minimum absolute atomic E-state index is 0.821. The van der Waals surface area contributed by atoms with Gasteiger partial charge >= 0.3 is 0 Å². The van der Waals surface area contributed by atoms with Crippen molar-refractivity contribution in [3.63, 3.8) is 0 Å². The molecule has 0 aliphatic carbocycles. The molecule has 1 aliphatic heterocycles. The molecule has 4 nitrogen and oxygen atoms in total. The van der Waals surface area contributed by atoms with Crippen molar-refractivity contribution in [1.82, 2.24) is 9.97 Å². The first kappa shape index (κ1) is 16.6. The molecular weight excluding hydrogens is 352 g/mol. The highest BCUT2D eigenvalue weighted by atomic mass is 35.5. The van der Waals surface area contributed by atoms with Crippen LogP contribution in [0, 0.1) is 6.92 Å². The molecule has 0 unspecified atom stereocenters. The Labute approximate surface area is 157 Å². The molecule has 1 saturated heterocycles. The molecule has 2 aromatic heterocycles. The van der Waals surface area contributed by atoms with Crippen molar-refractivity contribution in [2.45, 2.75) is 20.3 Å². The average molecular weight is 373 g/mol. The summed E-state index contributed by atoms with van der Waals surface area (Å²) in [5.74, 6) is 2.02. The maximum atomic E-state index is 6.36. The van der Waals surface area contributed by atoms with Gasteiger partial charge in [-0.25, -0.2) is 9.97 Å². The van der Waals surface area contributed by atoms with E-state index in [0.717, 1.165) is 59.8 Å². The number of nitrogens with zero attached hydrogens (tertiary/aromatic N) is 4.